The van der Waals surface area contributed by atoms with Gasteiger partial charge in [0, 0.05) is 26.6 Å². The summed E-state index contributed by atoms with van der Waals surface area (Å²) in [4.78, 5) is 13.5. The van der Waals surface area contributed by atoms with Crippen LogP contribution < -0.4 is 0 Å². The molecule has 17 heavy (non-hydrogen) atoms. The van der Waals surface area contributed by atoms with Gasteiger partial charge >= 0.3 is 0 Å². The number of amides is 1. The Morgan fingerprint density at radius 3 is 2.29 bits per heavy atom. The summed E-state index contributed by atoms with van der Waals surface area (Å²) in [5.41, 5.74) is 0. The van der Waals surface area contributed by atoms with Crippen LogP contribution in [0.2, 0.25) is 0 Å². The van der Waals surface area contributed by atoms with E-state index in [1.807, 2.05) is 11.9 Å². The van der Waals surface area contributed by atoms with Crippen molar-refractivity contribution in [1.82, 2.24) is 4.90 Å². The molecule has 0 rings (SSSR count). The van der Waals surface area contributed by atoms with Crippen LogP contribution in [0, 0.1) is 5.92 Å². The molecule has 0 atom stereocenters. The third-order valence-corrected chi connectivity index (χ3v) is 2.60. The lowest BCUT2D eigenvalue weighted by Gasteiger charge is -2.18. The molecule has 3 heteroatoms. The van der Waals surface area contributed by atoms with Crippen LogP contribution in [0.3, 0.4) is 0 Å². The summed E-state index contributed by atoms with van der Waals surface area (Å²) in [5, 5.41) is 0. The molecule has 0 heterocycles. The Bertz CT molecular complexity index is 202. The predicted octanol–water partition coefficient (Wildman–Crippen LogP) is 3.09. The van der Waals surface area contributed by atoms with Crippen LogP contribution in [-0.2, 0) is 9.53 Å². The minimum Gasteiger partial charge on any atom is -0.379 e. The summed E-state index contributed by atoms with van der Waals surface area (Å²) < 4.78 is 5.47. The van der Waals surface area contributed by atoms with Gasteiger partial charge in [-0.3, -0.25) is 4.79 Å². The van der Waals surface area contributed by atoms with Crippen LogP contribution in [0.1, 0.15) is 53.4 Å². The summed E-state index contributed by atoms with van der Waals surface area (Å²) in [6.07, 6.45) is 4.27. The van der Waals surface area contributed by atoms with E-state index in [0.717, 1.165) is 32.4 Å². The molecule has 0 aromatic rings. The number of ether oxygens (including phenoxy) is 1. The fourth-order valence-electron chi connectivity index (χ4n) is 1.58. The Labute approximate surface area is 107 Å². The molecule has 3 nitrogen and oxygen atoms in total. The largest absolute Gasteiger partial charge is 0.379 e. The number of hydrogen-bond donors (Lipinski definition) is 0. The first kappa shape index (κ1) is 16.4. The summed E-state index contributed by atoms with van der Waals surface area (Å²) in [5.74, 6) is 0.711. The van der Waals surface area contributed by atoms with E-state index in [4.69, 9.17) is 4.74 Å². The van der Waals surface area contributed by atoms with Crippen LogP contribution in [0.25, 0.3) is 0 Å². The van der Waals surface area contributed by atoms with Gasteiger partial charge in [0.05, 0.1) is 6.10 Å². The Balaban J connectivity index is 3.44. The molecule has 0 radical (unpaired) electrons. The van der Waals surface area contributed by atoms with E-state index in [1.54, 1.807) is 0 Å². The second-order valence-electron chi connectivity index (χ2n) is 5.39. The summed E-state index contributed by atoms with van der Waals surface area (Å²) in [6, 6.07) is 0. The highest BCUT2D eigenvalue weighted by Gasteiger charge is 2.09. The summed E-state index contributed by atoms with van der Waals surface area (Å²) in [7, 11) is 1.90. The number of rotatable bonds is 9. The summed E-state index contributed by atoms with van der Waals surface area (Å²) in [6.45, 7) is 9.97. The van der Waals surface area contributed by atoms with E-state index in [1.165, 1.54) is 0 Å². The van der Waals surface area contributed by atoms with Gasteiger partial charge in [0.25, 0.3) is 0 Å². The Kier molecular flexibility index (Phi) is 9.14. The second-order valence-corrected chi connectivity index (χ2v) is 5.39. The predicted molar refractivity (Wildman–Crippen MR) is 72.0 cm³/mol. The molecule has 0 aliphatic carbocycles. The van der Waals surface area contributed by atoms with E-state index in [9.17, 15) is 4.79 Å². The zero-order chi connectivity index (χ0) is 13.3. The number of carbonyl (C=O) groups excluding carboxylic acids is 1. The highest BCUT2D eigenvalue weighted by molar-refractivity contribution is 5.75. The van der Waals surface area contributed by atoms with Gasteiger partial charge in [-0.2, -0.15) is 0 Å². The van der Waals surface area contributed by atoms with Crippen LogP contribution in [-0.4, -0.2) is 37.1 Å². The fraction of sp³-hybridized carbons (Fsp3) is 0.929. The third-order valence-electron chi connectivity index (χ3n) is 2.60. The normalized spacial score (nSPS) is 11.2. The maximum absolute atomic E-state index is 11.7. The maximum Gasteiger partial charge on any atom is 0.222 e. The SMILES string of the molecule is CC(C)CC(=O)N(C)CCCCCOC(C)C. The van der Waals surface area contributed by atoms with Gasteiger partial charge in [-0.25, -0.2) is 0 Å². The molecule has 0 saturated carbocycles. The molecule has 0 aromatic carbocycles. The average molecular weight is 243 g/mol. The van der Waals surface area contributed by atoms with Gasteiger partial charge < -0.3 is 9.64 Å². The molecule has 0 N–H and O–H groups in total. The standard InChI is InChI=1S/C14H29NO2/c1-12(2)11-14(16)15(5)9-7-6-8-10-17-13(3)4/h12-13H,6-11H2,1-5H3. The van der Waals surface area contributed by atoms with Crippen molar-refractivity contribution < 1.29 is 9.53 Å². The minimum atomic E-state index is 0.262. The van der Waals surface area contributed by atoms with E-state index in [0.29, 0.717) is 18.4 Å². The molecule has 0 aliphatic heterocycles. The monoisotopic (exact) mass is 243 g/mol. The number of carbonyl (C=O) groups is 1. The molecule has 1 amide bonds. The molecular formula is C14H29NO2. The van der Waals surface area contributed by atoms with Crippen molar-refractivity contribution in [3.8, 4) is 0 Å². The quantitative estimate of drug-likeness (QED) is 0.582. The zero-order valence-corrected chi connectivity index (χ0v) is 12.2. The van der Waals surface area contributed by atoms with E-state index >= 15 is 0 Å². The van der Waals surface area contributed by atoms with Gasteiger partial charge in [0.2, 0.25) is 5.91 Å². The Morgan fingerprint density at radius 1 is 1.12 bits per heavy atom. The average Bonchev–Trinajstić information content (AvgIpc) is 2.21. The molecule has 0 aliphatic rings. The van der Waals surface area contributed by atoms with Crippen molar-refractivity contribution in [2.75, 3.05) is 20.2 Å². The first-order chi connectivity index (χ1) is 7.93. The number of nitrogens with zero attached hydrogens (tertiary/aromatic N) is 1. The maximum atomic E-state index is 11.7. The van der Waals surface area contributed by atoms with Gasteiger partial charge in [-0.15, -0.1) is 0 Å². The van der Waals surface area contributed by atoms with Crippen molar-refractivity contribution in [2.45, 2.75) is 59.5 Å². The molecule has 0 aromatic heterocycles. The van der Waals surface area contributed by atoms with Crippen molar-refractivity contribution >= 4 is 5.91 Å². The Morgan fingerprint density at radius 2 is 1.76 bits per heavy atom. The summed E-state index contributed by atoms with van der Waals surface area (Å²) >= 11 is 0. The van der Waals surface area contributed by atoms with Crippen molar-refractivity contribution in [3.63, 3.8) is 0 Å². The van der Waals surface area contributed by atoms with E-state index in [2.05, 4.69) is 27.7 Å². The molecular weight excluding hydrogens is 214 g/mol. The molecule has 0 saturated heterocycles. The van der Waals surface area contributed by atoms with E-state index < -0.39 is 0 Å². The second kappa shape index (κ2) is 9.46. The number of unbranched alkanes of at least 4 members (excludes halogenated alkanes) is 2. The van der Waals surface area contributed by atoms with Crippen LogP contribution in [0.15, 0.2) is 0 Å². The molecule has 0 bridgehead atoms. The van der Waals surface area contributed by atoms with Gasteiger partial charge in [0.15, 0.2) is 0 Å². The highest BCUT2D eigenvalue weighted by atomic mass is 16.5. The van der Waals surface area contributed by atoms with Crippen molar-refractivity contribution in [3.05, 3.63) is 0 Å². The zero-order valence-electron chi connectivity index (χ0n) is 12.2. The first-order valence-electron chi connectivity index (χ1n) is 6.79. The fourth-order valence-corrected chi connectivity index (χ4v) is 1.58. The topological polar surface area (TPSA) is 29.5 Å². The molecule has 0 unspecified atom stereocenters. The van der Waals surface area contributed by atoms with Gasteiger partial charge in [0.1, 0.15) is 0 Å². The minimum absolute atomic E-state index is 0.262. The lowest BCUT2D eigenvalue weighted by Crippen LogP contribution is -2.28. The lowest BCUT2D eigenvalue weighted by molar-refractivity contribution is -0.130. The first-order valence-corrected chi connectivity index (χ1v) is 6.79. The van der Waals surface area contributed by atoms with E-state index in [-0.39, 0.29) is 5.91 Å². The third kappa shape index (κ3) is 10.3. The molecule has 102 valence electrons. The van der Waals surface area contributed by atoms with Gasteiger partial charge in [-0.05, 0) is 39.0 Å². The van der Waals surface area contributed by atoms with Crippen LogP contribution in [0.5, 0.6) is 0 Å². The van der Waals surface area contributed by atoms with Gasteiger partial charge in [-0.1, -0.05) is 13.8 Å². The highest BCUT2D eigenvalue weighted by Crippen LogP contribution is 2.05. The van der Waals surface area contributed by atoms with Crippen LogP contribution in [0.4, 0.5) is 0 Å². The van der Waals surface area contributed by atoms with Crippen molar-refractivity contribution in [1.29, 1.82) is 0 Å². The van der Waals surface area contributed by atoms with Crippen LogP contribution >= 0.6 is 0 Å². The molecule has 0 fully saturated rings. The van der Waals surface area contributed by atoms with Crippen molar-refractivity contribution in [2.24, 2.45) is 5.92 Å². The lowest BCUT2D eigenvalue weighted by atomic mass is 10.1. The number of hydrogen-bond acceptors (Lipinski definition) is 2. The smallest absolute Gasteiger partial charge is 0.222 e. The molecule has 0 spiro atoms. The Hall–Kier alpha value is -0.570.